The molecule has 0 saturated carbocycles. The highest BCUT2D eigenvalue weighted by molar-refractivity contribution is 6.26. The molecule has 8 aromatic rings. The Balaban J connectivity index is 1.32. The number of unbranched alkanes of at least 4 members (excludes halogenated alkanes) is 10. The molecule has 0 fully saturated rings. The number of hydrogen-bond donors (Lipinski definition) is 0. The SMILES string of the molecule is CCCCCCCCC1(CCCCCCCC)c2ccccc2-c2cc3c4ccccc4c4nc5c6ccccc6c6ccccc6c5n4c3cc21. The van der Waals surface area contributed by atoms with Crippen LogP contribution in [0.1, 0.15) is 115 Å². The number of nitrogens with zero attached hydrogens (tertiary/aromatic N) is 2. The van der Waals surface area contributed by atoms with Crippen LogP contribution >= 0.6 is 0 Å². The molecule has 6 aromatic carbocycles. The van der Waals surface area contributed by atoms with Crippen molar-refractivity contribution in [3.8, 4) is 11.1 Å². The summed E-state index contributed by atoms with van der Waals surface area (Å²) in [6.45, 7) is 4.64. The number of pyridine rings is 1. The van der Waals surface area contributed by atoms with Crippen molar-refractivity contribution < 1.29 is 0 Å². The Morgan fingerprint density at radius 2 is 0.981 bits per heavy atom. The summed E-state index contributed by atoms with van der Waals surface area (Å²) in [7, 11) is 0. The van der Waals surface area contributed by atoms with E-state index in [0.29, 0.717) is 0 Å². The van der Waals surface area contributed by atoms with Gasteiger partial charge in [0, 0.05) is 27.0 Å². The van der Waals surface area contributed by atoms with Gasteiger partial charge in [-0.25, -0.2) is 4.98 Å². The minimum atomic E-state index is 0.0265. The van der Waals surface area contributed by atoms with Gasteiger partial charge < -0.3 is 0 Å². The van der Waals surface area contributed by atoms with E-state index in [-0.39, 0.29) is 5.41 Å². The van der Waals surface area contributed by atoms with Crippen LogP contribution in [0.5, 0.6) is 0 Å². The average Bonchev–Trinajstić information content (AvgIpc) is 3.72. The predicted octanol–water partition coefficient (Wildman–Crippen LogP) is 14.9. The molecule has 0 N–H and O–H groups in total. The van der Waals surface area contributed by atoms with E-state index in [1.54, 1.807) is 11.1 Å². The molecule has 0 bridgehead atoms. The van der Waals surface area contributed by atoms with Crippen LogP contribution in [0, 0.1) is 0 Å². The second-order valence-electron chi connectivity index (χ2n) is 15.7. The Labute approximate surface area is 308 Å². The molecule has 2 nitrogen and oxygen atoms in total. The molecule has 0 spiro atoms. The van der Waals surface area contributed by atoms with Crippen molar-refractivity contribution in [2.24, 2.45) is 0 Å². The maximum atomic E-state index is 5.57. The summed E-state index contributed by atoms with van der Waals surface area (Å²) in [4.78, 5) is 5.57. The Bertz CT molecular complexity index is 2550. The third-order valence-corrected chi connectivity index (χ3v) is 12.5. The summed E-state index contributed by atoms with van der Waals surface area (Å²) >= 11 is 0. The fourth-order valence-corrected chi connectivity index (χ4v) is 10.00. The van der Waals surface area contributed by atoms with Crippen molar-refractivity contribution in [3.63, 3.8) is 0 Å². The number of aromatic nitrogens is 2. The maximum Gasteiger partial charge on any atom is 0.146 e. The van der Waals surface area contributed by atoms with Crippen molar-refractivity contribution in [3.05, 3.63) is 120 Å². The Hall–Kier alpha value is -4.69. The number of imidazole rings is 1. The van der Waals surface area contributed by atoms with E-state index >= 15 is 0 Å². The zero-order valence-corrected chi connectivity index (χ0v) is 31.2. The van der Waals surface area contributed by atoms with Gasteiger partial charge in [-0.3, -0.25) is 4.40 Å². The highest BCUT2D eigenvalue weighted by atomic mass is 15.0. The van der Waals surface area contributed by atoms with E-state index in [2.05, 4.69) is 127 Å². The van der Waals surface area contributed by atoms with Crippen LogP contribution in [0.2, 0.25) is 0 Å². The van der Waals surface area contributed by atoms with E-state index in [9.17, 15) is 0 Å². The lowest BCUT2D eigenvalue weighted by Crippen LogP contribution is -2.25. The van der Waals surface area contributed by atoms with Crippen molar-refractivity contribution >= 4 is 59.9 Å². The van der Waals surface area contributed by atoms with E-state index in [4.69, 9.17) is 4.98 Å². The minimum Gasteiger partial charge on any atom is -0.291 e. The van der Waals surface area contributed by atoms with Crippen LogP contribution in [0.15, 0.2) is 109 Å². The number of hydrogen-bond acceptors (Lipinski definition) is 1. The topological polar surface area (TPSA) is 17.3 Å². The van der Waals surface area contributed by atoms with Gasteiger partial charge in [-0.1, -0.05) is 188 Å². The van der Waals surface area contributed by atoms with Gasteiger partial charge in [-0.15, -0.1) is 0 Å². The Kier molecular flexibility index (Phi) is 8.95. The molecule has 0 atom stereocenters. The van der Waals surface area contributed by atoms with E-state index < -0.39 is 0 Å². The molecule has 52 heavy (non-hydrogen) atoms. The van der Waals surface area contributed by atoms with Gasteiger partial charge in [0.25, 0.3) is 0 Å². The molecule has 0 aliphatic heterocycles. The molecule has 0 radical (unpaired) electrons. The molecule has 0 unspecified atom stereocenters. The van der Waals surface area contributed by atoms with Crippen LogP contribution in [0.25, 0.3) is 71.0 Å². The van der Waals surface area contributed by atoms with Crippen LogP contribution < -0.4 is 0 Å². The fraction of sp³-hybridized carbons (Fsp3) is 0.340. The molecule has 9 rings (SSSR count). The number of rotatable bonds is 14. The zero-order chi connectivity index (χ0) is 35.1. The van der Waals surface area contributed by atoms with Gasteiger partial charge in [0.1, 0.15) is 5.65 Å². The van der Waals surface area contributed by atoms with Crippen LogP contribution in [-0.4, -0.2) is 9.38 Å². The number of fused-ring (bicyclic) bond motifs is 16. The molecular weight excluding hydrogens is 629 g/mol. The first kappa shape index (κ1) is 33.2. The maximum absolute atomic E-state index is 5.57. The van der Waals surface area contributed by atoms with Crippen molar-refractivity contribution in [2.75, 3.05) is 0 Å². The van der Waals surface area contributed by atoms with Gasteiger partial charge in [-0.05, 0) is 63.4 Å². The second kappa shape index (κ2) is 14.0. The Morgan fingerprint density at radius 1 is 0.462 bits per heavy atom. The third kappa shape index (κ3) is 5.32. The number of benzene rings is 6. The monoisotopic (exact) mass is 680 g/mol. The van der Waals surface area contributed by atoms with Gasteiger partial charge in [0.2, 0.25) is 0 Å². The first-order valence-corrected chi connectivity index (χ1v) is 20.5. The normalized spacial score (nSPS) is 13.7. The standard InChI is InChI=1S/C50H52N2/c1-3-5-7-9-11-21-31-50(32-22-12-10-8-6-4-2)44-30-20-19-26-38(44)42-33-43-37-25-15-18-29-41(37)49-51-47-39-27-16-13-23-35(39)36-24-14-17-28-40(36)48(47)52(49)46(43)34-45(42)50/h13-20,23-30,33-34H,3-12,21-22,31-32H2,1-2H3. The smallest absolute Gasteiger partial charge is 0.146 e. The first-order valence-electron chi connectivity index (χ1n) is 20.5. The van der Waals surface area contributed by atoms with Gasteiger partial charge in [0.05, 0.1) is 16.6 Å². The molecule has 2 aromatic heterocycles. The van der Waals surface area contributed by atoms with Crippen LogP contribution in [-0.2, 0) is 5.41 Å². The molecule has 262 valence electrons. The van der Waals surface area contributed by atoms with E-state index in [1.807, 2.05) is 0 Å². The zero-order valence-electron chi connectivity index (χ0n) is 31.2. The molecule has 2 heterocycles. The lowest BCUT2D eigenvalue weighted by molar-refractivity contribution is 0.398. The molecule has 1 aliphatic carbocycles. The summed E-state index contributed by atoms with van der Waals surface area (Å²) in [6, 6.07) is 41.5. The quantitative estimate of drug-likeness (QED) is 0.0825. The van der Waals surface area contributed by atoms with Crippen LogP contribution in [0.4, 0.5) is 0 Å². The minimum absolute atomic E-state index is 0.0265. The Morgan fingerprint density at radius 3 is 1.65 bits per heavy atom. The third-order valence-electron chi connectivity index (χ3n) is 12.5. The summed E-state index contributed by atoms with van der Waals surface area (Å²) in [5, 5.41) is 8.90. The lowest BCUT2D eigenvalue weighted by atomic mass is 9.70. The fourth-order valence-electron chi connectivity index (χ4n) is 10.00. The molecule has 0 amide bonds. The summed E-state index contributed by atoms with van der Waals surface area (Å²) in [6.07, 6.45) is 18.4. The van der Waals surface area contributed by atoms with Crippen molar-refractivity contribution in [1.82, 2.24) is 9.38 Å². The largest absolute Gasteiger partial charge is 0.291 e. The highest BCUT2D eigenvalue weighted by Gasteiger charge is 2.42. The molecule has 1 aliphatic rings. The van der Waals surface area contributed by atoms with Crippen molar-refractivity contribution in [1.29, 1.82) is 0 Å². The second-order valence-corrected chi connectivity index (χ2v) is 15.7. The summed E-state index contributed by atoms with van der Waals surface area (Å²) < 4.78 is 2.55. The average molecular weight is 681 g/mol. The lowest BCUT2D eigenvalue weighted by Gasteiger charge is -2.33. The van der Waals surface area contributed by atoms with Gasteiger partial charge in [0.15, 0.2) is 0 Å². The summed E-state index contributed by atoms with van der Waals surface area (Å²) in [5.74, 6) is 0. The molecule has 2 heteroatoms. The van der Waals surface area contributed by atoms with E-state index in [1.165, 1.54) is 150 Å². The molecular formula is C50H52N2. The first-order chi connectivity index (χ1) is 25.7. The summed E-state index contributed by atoms with van der Waals surface area (Å²) in [5.41, 5.74) is 10.7. The molecule has 0 saturated heterocycles. The van der Waals surface area contributed by atoms with Crippen molar-refractivity contribution in [2.45, 2.75) is 109 Å². The van der Waals surface area contributed by atoms with Gasteiger partial charge in [-0.2, -0.15) is 0 Å². The van der Waals surface area contributed by atoms with E-state index in [0.717, 1.165) is 11.2 Å². The van der Waals surface area contributed by atoms with Gasteiger partial charge >= 0.3 is 0 Å². The highest BCUT2D eigenvalue weighted by Crippen LogP contribution is 2.56. The predicted molar refractivity (Wildman–Crippen MR) is 225 cm³/mol. The van der Waals surface area contributed by atoms with Crippen LogP contribution in [0.3, 0.4) is 0 Å².